The molecular formula is C20H16F5NO4. The molecule has 2 aromatic carbocycles. The third-order valence-electron chi connectivity index (χ3n) is 3.94. The number of esters is 1. The van der Waals surface area contributed by atoms with Crippen molar-refractivity contribution in [3.63, 3.8) is 0 Å². The molecule has 0 radical (unpaired) electrons. The number of nitrogens with zero attached hydrogens (tertiary/aromatic N) is 1. The number of rotatable bonds is 7. The maximum Gasteiger partial charge on any atom is 0.343 e. The average molecular weight is 429 g/mol. The summed E-state index contributed by atoms with van der Waals surface area (Å²) < 4.78 is 73.0. The molecule has 0 amide bonds. The molecule has 0 bridgehead atoms. The molecule has 2 rings (SSSR count). The van der Waals surface area contributed by atoms with E-state index in [1.165, 1.54) is 6.92 Å². The molecule has 0 saturated carbocycles. The van der Waals surface area contributed by atoms with Crippen molar-refractivity contribution in [3.8, 4) is 0 Å². The van der Waals surface area contributed by atoms with Gasteiger partial charge in [0, 0.05) is 6.21 Å². The predicted octanol–water partition coefficient (Wildman–Crippen LogP) is 4.02. The first-order valence-electron chi connectivity index (χ1n) is 8.55. The Morgan fingerprint density at radius 2 is 1.57 bits per heavy atom. The molecule has 0 fully saturated rings. The molecule has 10 heteroatoms. The molecule has 0 aliphatic heterocycles. The van der Waals surface area contributed by atoms with E-state index in [4.69, 9.17) is 0 Å². The fraction of sp³-hybridized carbons (Fsp3) is 0.200. The zero-order valence-corrected chi connectivity index (χ0v) is 15.5. The minimum absolute atomic E-state index is 0.220. The Bertz CT molecular complexity index is 963. The van der Waals surface area contributed by atoms with Gasteiger partial charge in [-0.25, -0.2) is 26.7 Å². The molecule has 1 atom stereocenters. The molecular weight excluding hydrogens is 413 g/mol. The standard InChI is InChI=1S/C20H16F5NO4/c1-2-30-20(29)11(8-26-12(9-27)10-6-4-3-5-7-10)19(28)13-14(21)16(23)18(25)17(24)15(13)22/h3-8,12,27-28H,2,9H2,1H3/b19-11+,26-8?/t12-/m1/s1. The summed E-state index contributed by atoms with van der Waals surface area (Å²) >= 11 is 0. The summed E-state index contributed by atoms with van der Waals surface area (Å²) in [6, 6.07) is 7.22. The number of carbonyl (C=O) groups excluding carboxylic acids is 1. The van der Waals surface area contributed by atoms with E-state index >= 15 is 0 Å². The molecule has 0 aliphatic carbocycles. The van der Waals surface area contributed by atoms with Gasteiger partial charge in [-0.3, -0.25) is 4.99 Å². The van der Waals surface area contributed by atoms with Crippen molar-refractivity contribution in [3.05, 3.63) is 76.1 Å². The summed E-state index contributed by atoms with van der Waals surface area (Å²) in [6.07, 6.45) is 0.638. The largest absolute Gasteiger partial charge is 0.506 e. The number of aliphatic hydroxyl groups is 2. The summed E-state index contributed by atoms with van der Waals surface area (Å²) in [5.41, 5.74) is -2.18. The van der Waals surface area contributed by atoms with Gasteiger partial charge in [0.25, 0.3) is 0 Å². The lowest BCUT2D eigenvalue weighted by molar-refractivity contribution is -0.137. The van der Waals surface area contributed by atoms with Crippen LogP contribution in [0.4, 0.5) is 22.0 Å². The van der Waals surface area contributed by atoms with Crippen LogP contribution in [-0.2, 0) is 9.53 Å². The summed E-state index contributed by atoms with van der Waals surface area (Å²) in [5, 5.41) is 19.7. The third-order valence-corrected chi connectivity index (χ3v) is 3.94. The van der Waals surface area contributed by atoms with Crippen LogP contribution in [0, 0.1) is 29.1 Å². The van der Waals surface area contributed by atoms with Crippen LogP contribution in [0.5, 0.6) is 0 Å². The Morgan fingerprint density at radius 1 is 1.03 bits per heavy atom. The Balaban J connectivity index is 2.65. The van der Waals surface area contributed by atoms with E-state index in [0.717, 1.165) is 0 Å². The smallest absolute Gasteiger partial charge is 0.343 e. The predicted molar refractivity (Wildman–Crippen MR) is 97.2 cm³/mol. The van der Waals surface area contributed by atoms with Crippen molar-refractivity contribution in [1.82, 2.24) is 0 Å². The third kappa shape index (κ3) is 4.65. The number of halogens is 5. The van der Waals surface area contributed by atoms with Crippen LogP contribution in [-0.4, -0.2) is 35.6 Å². The zero-order valence-electron chi connectivity index (χ0n) is 15.5. The second-order valence-corrected chi connectivity index (χ2v) is 5.81. The zero-order chi connectivity index (χ0) is 22.4. The molecule has 0 unspecified atom stereocenters. The van der Waals surface area contributed by atoms with Gasteiger partial charge in [-0.2, -0.15) is 0 Å². The van der Waals surface area contributed by atoms with E-state index in [2.05, 4.69) is 9.73 Å². The molecule has 2 N–H and O–H groups in total. The van der Waals surface area contributed by atoms with Gasteiger partial charge in [-0.15, -0.1) is 0 Å². The van der Waals surface area contributed by atoms with E-state index in [1.807, 2.05) is 0 Å². The molecule has 0 aromatic heterocycles. The summed E-state index contributed by atoms with van der Waals surface area (Å²) in [6.45, 7) is 0.630. The molecule has 0 spiro atoms. The fourth-order valence-electron chi connectivity index (χ4n) is 2.45. The van der Waals surface area contributed by atoms with Crippen LogP contribution in [0.15, 0.2) is 40.9 Å². The first-order valence-corrected chi connectivity index (χ1v) is 8.55. The van der Waals surface area contributed by atoms with E-state index in [1.54, 1.807) is 30.3 Å². The van der Waals surface area contributed by atoms with Gasteiger partial charge in [-0.05, 0) is 12.5 Å². The Hall–Kier alpha value is -3.27. The molecule has 0 saturated heterocycles. The number of ether oxygens (including phenoxy) is 1. The molecule has 30 heavy (non-hydrogen) atoms. The molecule has 160 valence electrons. The van der Waals surface area contributed by atoms with E-state index in [0.29, 0.717) is 11.8 Å². The molecule has 0 heterocycles. The maximum absolute atomic E-state index is 14.0. The molecule has 2 aromatic rings. The quantitative estimate of drug-likeness (QED) is 0.133. The number of benzene rings is 2. The van der Waals surface area contributed by atoms with E-state index in [-0.39, 0.29) is 6.61 Å². The van der Waals surface area contributed by atoms with Crippen molar-refractivity contribution >= 4 is 17.9 Å². The summed E-state index contributed by atoms with van der Waals surface area (Å²) in [7, 11) is 0. The average Bonchev–Trinajstić information content (AvgIpc) is 2.74. The Morgan fingerprint density at radius 3 is 2.07 bits per heavy atom. The van der Waals surface area contributed by atoms with Crippen LogP contribution in [0.25, 0.3) is 5.76 Å². The van der Waals surface area contributed by atoms with Crippen LogP contribution >= 0.6 is 0 Å². The number of hydrogen-bond acceptors (Lipinski definition) is 5. The van der Waals surface area contributed by atoms with Gasteiger partial charge in [0.05, 0.1) is 24.8 Å². The van der Waals surface area contributed by atoms with Gasteiger partial charge in [0.2, 0.25) is 5.82 Å². The van der Waals surface area contributed by atoms with Gasteiger partial charge in [0.1, 0.15) is 11.3 Å². The van der Waals surface area contributed by atoms with Crippen LogP contribution < -0.4 is 0 Å². The maximum atomic E-state index is 14.0. The van der Waals surface area contributed by atoms with E-state index < -0.39 is 64.6 Å². The lowest BCUT2D eigenvalue weighted by Gasteiger charge is -2.12. The first kappa shape index (κ1) is 23.0. The normalized spacial score (nSPS) is 13.3. The van der Waals surface area contributed by atoms with Crippen molar-refractivity contribution in [2.24, 2.45) is 4.99 Å². The van der Waals surface area contributed by atoms with Crippen LogP contribution in [0.3, 0.4) is 0 Å². The first-order chi connectivity index (χ1) is 14.2. The number of aliphatic imine (C=N–C) groups is 1. The van der Waals surface area contributed by atoms with Gasteiger partial charge in [0.15, 0.2) is 23.3 Å². The minimum Gasteiger partial charge on any atom is -0.506 e. The monoisotopic (exact) mass is 429 g/mol. The number of aliphatic hydroxyl groups excluding tert-OH is 2. The minimum atomic E-state index is -2.42. The fourth-order valence-corrected chi connectivity index (χ4v) is 2.45. The number of carbonyl (C=O) groups is 1. The lowest BCUT2D eigenvalue weighted by Crippen LogP contribution is -2.15. The molecule has 5 nitrogen and oxygen atoms in total. The summed E-state index contributed by atoms with van der Waals surface area (Å²) in [4.78, 5) is 16.0. The van der Waals surface area contributed by atoms with Crippen molar-refractivity contribution in [2.75, 3.05) is 13.2 Å². The topological polar surface area (TPSA) is 79.1 Å². The molecule has 0 aliphatic rings. The number of hydrogen-bond donors (Lipinski definition) is 2. The summed E-state index contributed by atoms with van der Waals surface area (Å²) in [5.74, 6) is -14.6. The second kappa shape index (κ2) is 9.97. The second-order valence-electron chi connectivity index (χ2n) is 5.81. The van der Waals surface area contributed by atoms with Crippen molar-refractivity contribution in [1.29, 1.82) is 0 Å². The highest BCUT2D eigenvalue weighted by atomic mass is 19.2. The highest BCUT2D eigenvalue weighted by Crippen LogP contribution is 2.29. The van der Waals surface area contributed by atoms with Gasteiger partial charge in [-0.1, -0.05) is 30.3 Å². The highest BCUT2D eigenvalue weighted by molar-refractivity contribution is 6.15. The Kier molecular flexibility index (Phi) is 7.65. The van der Waals surface area contributed by atoms with Crippen LogP contribution in [0.2, 0.25) is 0 Å². The van der Waals surface area contributed by atoms with Gasteiger partial charge >= 0.3 is 5.97 Å². The SMILES string of the molecule is CCOC(=O)/C(C=N[C@H](CO)c1ccccc1)=C(/O)c1c(F)c(F)c(F)c(F)c1F. The van der Waals surface area contributed by atoms with Crippen molar-refractivity contribution < 1.29 is 41.7 Å². The van der Waals surface area contributed by atoms with Crippen LogP contribution in [0.1, 0.15) is 24.1 Å². The van der Waals surface area contributed by atoms with Gasteiger partial charge < -0.3 is 14.9 Å². The Labute approximate surface area is 167 Å². The highest BCUT2D eigenvalue weighted by Gasteiger charge is 2.30. The van der Waals surface area contributed by atoms with Crippen molar-refractivity contribution in [2.45, 2.75) is 13.0 Å². The lowest BCUT2D eigenvalue weighted by atomic mass is 10.1. The van der Waals surface area contributed by atoms with E-state index in [9.17, 15) is 37.0 Å².